The van der Waals surface area contributed by atoms with Crippen molar-refractivity contribution in [1.82, 2.24) is 14.5 Å². The number of phenols is 1. The number of benzene rings is 5. The SMILES string of the molecule is [2H]c1ccc(-c2nc3c(-c4cccc(-c5cc(-c6ccccc6)cc([2H])n5)c4)cccc3n2-c2ccccc2)c(O)c1. The van der Waals surface area contributed by atoms with Crippen LogP contribution in [0.5, 0.6) is 5.75 Å². The molecule has 40 heavy (non-hydrogen) atoms. The van der Waals surface area contributed by atoms with Gasteiger partial charge in [0.25, 0.3) is 0 Å². The first-order valence-electron chi connectivity index (χ1n) is 14.1. The van der Waals surface area contributed by atoms with Gasteiger partial charge in [-0.2, -0.15) is 0 Å². The molecule has 2 aromatic heterocycles. The van der Waals surface area contributed by atoms with Crippen molar-refractivity contribution in [1.29, 1.82) is 0 Å². The molecule has 0 aliphatic carbocycles. The van der Waals surface area contributed by atoms with E-state index in [0.717, 1.165) is 50.2 Å². The Balaban J connectivity index is 1.41. The molecule has 190 valence electrons. The van der Waals surface area contributed by atoms with E-state index in [1.165, 1.54) is 6.07 Å². The molecule has 0 atom stereocenters. The lowest BCUT2D eigenvalue weighted by atomic mass is 9.99. The van der Waals surface area contributed by atoms with E-state index in [2.05, 4.69) is 17.1 Å². The lowest BCUT2D eigenvalue weighted by molar-refractivity contribution is 0.477. The Morgan fingerprint density at radius 3 is 2.15 bits per heavy atom. The Morgan fingerprint density at radius 1 is 0.600 bits per heavy atom. The van der Waals surface area contributed by atoms with Crippen molar-refractivity contribution in [3.8, 4) is 56.3 Å². The molecule has 4 nitrogen and oxygen atoms in total. The molecule has 7 aromatic rings. The van der Waals surface area contributed by atoms with E-state index in [4.69, 9.17) is 7.73 Å². The molecule has 0 spiro atoms. The number of para-hydroxylation sites is 3. The Hall–Kier alpha value is -5.48. The summed E-state index contributed by atoms with van der Waals surface area (Å²) in [7, 11) is 0. The van der Waals surface area contributed by atoms with Crippen LogP contribution in [0.1, 0.15) is 2.74 Å². The molecule has 4 heteroatoms. The van der Waals surface area contributed by atoms with Crippen molar-refractivity contribution in [2.75, 3.05) is 0 Å². The molecular formula is C36H25N3O. The number of hydrogen-bond donors (Lipinski definition) is 1. The summed E-state index contributed by atoms with van der Waals surface area (Å²) in [5, 5.41) is 10.8. The number of nitrogens with zero attached hydrogens (tertiary/aromatic N) is 3. The van der Waals surface area contributed by atoms with Gasteiger partial charge in [-0.25, -0.2) is 4.98 Å². The largest absolute Gasteiger partial charge is 0.507 e. The molecule has 0 saturated heterocycles. The predicted octanol–water partition coefficient (Wildman–Crippen LogP) is 8.79. The van der Waals surface area contributed by atoms with E-state index < -0.39 is 0 Å². The second-order valence-corrected chi connectivity index (χ2v) is 9.54. The molecular weight excluding hydrogens is 490 g/mol. The zero-order valence-corrected chi connectivity index (χ0v) is 21.5. The fourth-order valence-electron chi connectivity index (χ4n) is 5.15. The standard InChI is InChI=1S/C36H25N3O/c40-34-20-8-7-17-31(34)36-38-35-30(18-10-19-33(35)39(36)29-15-5-2-6-16-29)27-13-9-14-28(23-27)32-24-26(21-22-37-32)25-11-3-1-4-12-25/h1-24,40H/i8D,22D. The molecule has 0 aliphatic heterocycles. The maximum atomic E-state index is 10.8. The first-order valence-corrected chi connectivity index (χ1v) is 13.1. The molecule has 1 N–H and O–H groups in total. The van der Waals surface area contributed by atoms with Gasteiger partial charge in [0.2, 0.25) is 0 Å². The van der Waals surface area contributed by atoms with Crippen LogP contribution in [0.25, 0.3) is 61.6 Å². The van der Waals surface area contributed by atoms with E-state index in [1.54, 1.807) is 18.2 Å². The van der Waals surface area contributed by atoms with Crippen LogP contribution in [0.3, 0.4) is 0 Å². The van der Waals surface area contributed by atoms with Gasteiger partial charge >= 0.3 is 0 Å². The quantitative estimate of drug-likeness (QED) is 0.248. The summed E-state index contributed by atoms with van der Waals surface area (Å²) < 4.78 is 18.3. The lowest BCUT2D eigenvalue weighted by Crippen LogP contribution is -1.97. The minimum Gasteiger partial charge on any atom is -0.507 e. The number of aromatic nitrogens is 3. The van der Waals surface area contributed by atoms with Crippen molar-refractivity contribution < 1.29 is 7.85 Å². The summed E-state index contributed by atoms with van der Waals surface area (Å²) in [4.78, 5) is 9.64. The van der Waals surface area contributed by atoms with Crippen LogP contribution < -0.4 is 0 Å². The molecule has 7 rings (SSSR count). The Morgan fingerprint density at radius 2 is 1.32 bits per heavy atom. The monoisotopic (exact) mass is 517 g/mol. The molecule has 0 radical (unpaired) electrons. The number of pyridine rings is 1. The molecule has 0 saturated carbocycles. The number of imidazole rings is 1. The average Bonchev–Trinajstić information content (AvgIpc) is 3.41. The summed E-state index contributed by atoms with van der Waals surface area (Å²) in [6.07, 6.45) is 0.212. The highest BCUT2D eigenvalue weighted by molar-refractivity contribution is 5.96. The Bertz CT molecular complexity index is 2070. The normalized spacial score (nSPS) is 11.8. The van der Waals surface area contributed by atoms with Gasteiger partial charge < -0.3 is 5.11 Å². The summed E-state index contributed by atoms with van der Waals surface area (Å²) in [5.74, 6) is 0.600. The fraction of sp³-hybridized carbons (Fsp3) is 0. The van der Waals surface area contributed by atoms with E-state index >= 15 is 0 Å². The van der Waals surface area contributed by atoms with Crippen molar-refractivity contribution in [3.63, 3.8) is 0 Å². The van der Waals surface area contributed by atoms with Crippen LogP contribution in [0.4, 0.5) is 0 Å². The van der Waals surface area contributed by atoms with Gasteiger partial charge in [0.1, 0.15) is 11.6 Å². The summed E-state index contributed by atoms with van der Waals surface area (Å²) >= 11 is 0. The molecule has 5 aromatic carbocycles. The van der Waals surface area contributed by atoms with Crippen LogP contribution in [0, 0.1) is 0 Å². The summed E-state index contributed by atoms with van der Waals surface area (Å²) in [6.45, 7) is 0. The summed E-state index contributed by atoms with van der Waals surface area (Å²) in [6, 6.07) is 43.1. The second-order valence-electron chi connectivity index (χ2n) is 9.54. The number of aromatic hydroxyl groups is 1. The van der Waals surface area contributed by atoms with Crippen molar-refractivity contribution >= 4 is 11.0 Å². The summed E-state index contributed by atoms with van der Waals surface area (Å²) in [5.41, 5.74) is 8.67. The van der Waals surface area contributed by atoms with E-state index in [-0.39, 0.29) is 18.0 Å². The van der Waals surface area contributed by atoms with Gasteiger partial charge in [-0.05, 0) is 65.2 Å². The highest BCUT2D eigenvalue weighted by atomic mass is 16.3. The zero-order chi connectivity index (χ0) is 28.6. The van der Waals surface area contributed by atoms with Crippen molar-refractivity contribution in [2.24, 2.45) is 0 Å². The maximum Gasteiger partial charge on any atom is 0.149 e. The van der Waals surface area contributed by atoms with Gasteiger partial charge in [-0.15, -0.1) is 0 Å². The highest BCUT2D eigenvalue weighted by Gasteiger charge is 2.19. The first-order chi connectivity index (χ1) is 20.5. The van der Waals surface area contributed by atoms with Crippen molar-refractivity contribution in [2.45, 2.75) is 0 Å². The average molecular weight is 518 g/mol. The van der Waals surface area contributed by atoms with Crippen LogP contribution in [-0.2, 0) is 0 Å². The minimum absolute atomic E-state index is 0.00843. The van der Waals surface area contributed by atoms with Crippen LogP contribution in [-0.4, -0.2) is 19.6 Å². The van der Waals surface area contributed by atoms with Crippen LogP contribution in [0.2, 0.25) is 0 Å². The smallest absolute Gasteiger partial charge is 0.149 e. The third kappa shape index (κ3) is 4.22. The fourth-order valence-corrected chi connectivity index (χ4v) is 5.15. The van der Waals surface area contributed by atoms with Gasteiger partial charge in [0.15, 0.2) is 0 Å². The molecule has 0 amide bonds. The minimum atomic E-state index is 0.00843. The molecule has 0 fully saturated rings. The second kappa shape index (κ2) is 10.0. The Labute approximate surface area is 235 Å². The van der Waals surface area contributed by atoms with Gasteiger partial charge in [-0.3, -0.25) is 9.55 Å². The topological polar surface area (TPSA) is 50.9 Å². The van der Waals surface area contributed by atoms with Gasteiger partial charge in [-0.1, -0.05) is 91.0 Å². The lowest BCUT2D eigenvalue weighted by Gasteiger charge is -2.11. The van der Waals surface area contributed by atoms with Gasteiger partial charge in [0, 0.05) is 23.0 Å². The third-order valence-electron chi connectivity index (χ3n) is 7.06. The number of fused-ring (bicyclic) bond motifs is 1. The van der Waals surface area contributed by atoms with Crippen molar-refractivity contribution in [3.05, 3.63) is 146 Å². The van der Waals surface area contributed by atoms with Crippen LogP contribution >= 0.6 is 0 Å². The maximum absolute atomic E-state index is 10.8. The highest BCUT2D eigenvalue weighted by Crippen LogP contribution is 2.38. The Kier molecular flexibility index (Phi) is 5.37. The van der Waals surface area contributed by atoms with E-state index in [9.17, 15) is 5.11 Å². The number of rotatable bonds is 5. The zero-order valence-electron chi connectivity index (χ0n) is 23.5. The van der Waals surface area contributed by atoms with E-state index in [0.29, 0.717) is 11.4 Å². The van der Waals surface area contributed by atoms with E-state index in [1.807, 2.05) is 102 Å². The number of phenolic OH excluding ortho intramolecular Hbond substituents is 1. The van der Waals surface area contributed by atoms with Gasteiger partial charge in [0.05, 0.1) is 25.0 Å². The first kappa shape index (κ1) is 21.5. The van der Waals surface area contributed by atoms with Crippen LogP contribution in [0.15, 0.2) is 146 Å². The molecule has 0 unspecified atom stereocenters. The molecule has 0 aliphatic rings. The third-order valence-corrected chi connectivity index (χ3v) is 7.06. The number of hydrogen-bond acceptors (Lipinski definition) is 3. The predicted molar refractivity (Wildman–Crippen MR) is 162 cm³/mol. The molecule has 2 heterocycles. The molecule has 0 bridgehead atoms.